The number of methoxy groups -OCH3 is 1. The summed E-state index contributed by atoms with van der Waals surface area (Å²) in [4.78, 5) is 12.0. The first-order chi connectivity index (χ1) is 9.97. The van der Waals surface area contributed by atoms with Crippen LogP contribution >= 0.6 is 0 Å². The second-order valence-corrected chi connectivity index (χ2v) is 5.37. The summed E-state index contributed by atoms with van der Waals surface area (Å²) in [5, 5.41) is 12.2. The first kappa shape index (κ1) is 17.3. The second-order valence-electron chi connectivity index (χ2n) is 5.37. The van der Waals surface area contributed by atoms with Crippen molar-refractivity contribution < 1.29 is 19.4 Å². The Balaban J connectivity index is 2.64. The van der Waals surface area contributed by atoms with Crippen LogP contribution in [0, 0.1) is 5.92 Å². The second kappa shape index (κ2) is 8.52. The van der Waals surface area contributed by atoms with E-state index in [4.69, 9.17) is 9.47 Å². The molecule has 0 radical (unpaired) electrons. The van der Waals surface area contributed by atoms with Crippen LogP contribution in [0.4, 0.5) is 0 Å². The maximum absolute atomic E-state index is 12.0. The smallest absolute Gasteiger partial charge is 0.260 e. The van der Waals surface area contributed by atoms with Crippen molar-refractivity contribution >= 4 is 5.91 Å². The highest BCUT2D eigenvalue weighted by Crippen LogP contribution is 2.25. The Morgan fingerprint density at radius 3 is 2.62 bits per heavy atom. The normalized spacial score (nSPS) is 12.1. The molecule has 0 aliphatic rings. The third kappa shape index (κ3) is 5.63. The SMILES string of the molecule is COc1ccc(CO)c(OC(C)C(=O)NCCC(C)C)c1. The monoisotopic (exact) mass is 295 g/mol. The van der Waals surface area contributed by atoms with Gasteiger partial charge in [-0.25, -0.2) is 0 Å². The average Bonchev–Trinajstić information content (AvgIpc) is 2.46. The number of benzene rings is 1. The predicted molar refractivity (Wildman–Crippen MR) is 81.5 cm³/mol. The Bertz CT molecular complexity index is 460. The first-order valence-electron chi connectivity index (χ1n) is 7.20. The molecule has 1 aromatic carbocycles. The van der Waals surface area contributed by atoms with Crippen molar-refractivity contribution in [3.8, 4) is 11.5 Å². The van der Waals surface area contributed by atoms with Crippen LogP contribution in [0.25, 0.3) is 0 Å². The lowest BCUT2D eigenvalue weighted by atomic mass is 10.1. The van der Waals surface area contributed by atoms with E-state index in [2.05, 4.69) is 19.2 Å². The molecule has 0 bridgehead atoms. The molecule has 1 rings (SSSR count). The molecule has 5 heteroatoms. The molecule has 0 aliphatic heterocycles. The molecule has 1 amide bonds. The number of hydrogen-bond donors (Lipinski definition) is 2. The fourth-order valence-electron chi connectivity index (χ4n) is 1.77. The highest BCUT2D eigenvalue weighted by atomic mass is 16.5. The maximum atomic E-state index is 12.0. The van der Waals surface area contributed by atoms with Crippen LogP contribution in [0.2, 0.25) is 0 Å². The molecule has 21 heavy (non-hydrogen) atoms. The topological polar surface area (TPSA) is 67.8 Å². The van der Waals surface area contributed by atoms with E-state index in [9.17, 15) is 9.90 Å². The minimum absolute atomic E-state index is 0.152. The molecule has 1 aromatic rings. The van der Waals surface area contributed by atoms with Gasteiger partial charge >= 0.3 is 0 Å². The van der Waals surface area contributed by atoms with Crippen LogP contribution in [-0.4, -0.2) is 30.8 Å². The fourth-order valence-corrected chi connectivity index (χ4v) is 1.77. The minimum Gasteiger partial charge on any atom is -0.497 e. The molecule has 0 saturated heterocycles. The number of aliphatic hydroxyl groups excluding tert-OH is 1. The van der Waals surface area contributed by atoms with Gasteiger partial charge < -0.3 is 19.9 Å². The van der Waals surface area contributed by atoms with E-state index in [1.807, 2.05) is 0 Å². The van der Waals surface area contributed by atoms with E-state index in [0.29, 0.717) is 29.5 Å². The maximum Gasteiger partial charge on any atom is 0.260 e. The van der Waals surface area contributed by atoms with E-state index < -0.39 is 6.10 Å². The summed E-state index contributed by atoms with van der Waals surface area (Å²) in [7, 11) is 1.56. The quantitative estimate of drug-likeness (QED) is 0.771. The zero-order chi connectivity index (χ0) is 15.8. The molecule has 5 nitrogen and oxygen atoms in total. The lowest BCUT2D eigenvalue weighted by molar-refractivity contribution is -0.127. The fraction of sp³-hybridized carbons (Fsp3) is 0.562. The summed E-state index contributed by atoms with van der Waals surface area (Å²) >= 11 is 0. The van der Waals surface area contributed by atoms with Crippen LogP contribution in [0.15, 0.2) is 18.2 Å². The van der Waals surface area contributed by atoms with Gasteiger partial charge in [0.2, 0.25) is 0 Å². The van der Waals surface area contributed by atoms with Crippen LogP contribution in [0.3, 0.4) is 0 Å². The lowest BCUT2D eigenvalue weighted by Crippen LogP contribution is -2.37. The minimum atomic E-state index is -0.630. The number of amides is 1. The third-order valence-electron chi connectivity index (χ3n) is 3.14. The van der Waals surface area contributed by atoms with Gasteiger partial charge in [-0.3, -0.25) is 4.79 Å². The van der Waals surface area contributed by atoms with E-state index in [1.165, 1.54) is 0 Å². The van der Waals surface area contributed by atoms with Gasteiger partial charge in [-0.05, 0) is 31.4 Å². The Morgan fingerprint density at radius 1 is 1.33 bits per heavy atom. The summed E-state index contributed by atoms with van der Waals surface area (Å²) in [6, 6.07) is 5.13. The summed E-state index contributed by atoms with van der Waals surface area (Å²) in [5.41, 5.74) is 0.623. The Hall–Kier alpha value is -1.75. The van der Waals surface area contributed by atoms with Gasteiger partial charge in [-0.15, -0.1) is 0 Å². The number of aliphatic hydroxyl groups is 1. The van der Waals surface area contributed by atoms with Gasteiger partial charge in [-0.2, -0.15) is 0 Å². The van der Waals surface area contributed by atoms with Crippen LogP contribution < -0.4 is 14.8 Å². The van der Waals surface area contributed by atoms with Crippen molar-refractivity contribution in [3.05, 3.63) is 23.8 Å². The molecule has 2 N–H and O–H groups in total. The van der Waals surface area contributed by atoms with Gasteiger partial charge in [0.25, 0.3) is 5.91 Å². The van der Waals surface area contributed by atoms with Gasteiger partial charge in [0.1, 0.15) is 11.5 Å². The van der Waals surface area contributed by atoms with E-state index in [-0.39, 0.29) is 12.5 Å². The molecule has 1 atom stereocenters. The molecule has 0 aromatic heterocycles. The molecule has 1 unspecified atom stereocenters. The number of ether oxygens (including phenoxy) is 2. The van der Waals surface area contributed by atoms with Crippen LogP contribution in [0.1, 0.15) is 32.8 Å². The lowest BCUT2D eigenvalue weighted by Gasteiger charge is -2.17. The van der Waals surface area contributed by atoms with Crippen molar-refractivity contribution in [2.24, 2.45) is 5.92 Å². The van der Waals surface area contributed by atoms with Crippen molar-refractivity contribution in [2.45, 2.75) is 39.9 Å². The summed E-state index contributed by atoms with van der Waals surface area (Å²) in [6.07, 6.45) is 0.300. The summed E-state index contributed by atoms with van der Waals surface area (Å²) in [5.74, 6) is 1.46. The number of carbonyl (C=O) groups excluding carboxylic acids is 1. The number of hydrogen-bond acceptors (Lipinski definition) is 4. The van der Waals surface area contributed by atoms with Crippen molar-refractivity contribution in [1.29, 1.82) is 0 Å². The van der Waals surface area contributed by atoms with Gasteiger partial charge in [0, 0.05) is 18.2 Å². The van der Waals surface area contributed by atoms with Crippen LogP contribution in [-0.2, 0) is 11.4 Å². The summed E-state index contributed by atoms with van der Waals surface area (Å²) in [6.45, 7) is 6.38. The van der Waals surface area contributed by atoms with E-state index in [1.54, 1.807) is 32.2 Å². The summed E-state index contributed by atoms with van der Waals surface area (Å²) < 4.78 is 10.8. The molecule has 0 aliphatic carbocycles. The van der Waals surface area contributed by atoms with Crippen molar-refractivity contribution in [2.75, 3.05) is 13.7 Å². The molecule has 0 fully saturated rings. The number of nitrogens with one attached hydrogen (secondary N) is 1. The Labute approximate surface area is 126 Å². The standard InChI is InChI=1S/C16H25NO4/c1-11(2)7-8-17-16(19)12(3)21-15-9-14(20-4)6-5-13(15)10-18/h5-6,9,11-12,18H,7-8,10H2,1-4H3,(H,17,19). The highest BCUT2D eigenvalue weighted by Gasteiger charge is 2.16. The zero-order valence-electron chi connectivity index (χ0n) is 13.2. The van der Waals surface area contributed by atoms with E-state index >= 15 is 0 Å². The Kier molecular flexibility index (Phi) is 7.02. The molecular weight excluding hydrogens is 270 g/mol. The largest absolute Gasteiger partial charge is 0.497 e. The predicted octanol–water partition coefficient (Wildman–Crippen LogP) is 2.12. The zero-order valence-corrected chi connectivity index (χ0v) is 13.2. The van der Waals surface area contributed by atoms with Crippen LogP contribution in [0.5, 0.6) is 11.5 Å². The third-order valence-corrected chi connectivity index (χ3v) is 3.14. The number of carbonyl (C=O) groups is 1. The molecular formula is C16H25NO4. The highest BCUT2D eigenvalue weighted by molar-refractivity contribution is 5.80. The van der Waals surface area contributed by atoms with Crippen molar-refractivity contribution in [1.82, 2.24) is 5.32 Å². The molecule has 0 spiro atoms. The van der Waals surface area contributed by atoms with Gasteiger partial charge in [-0.1, -0.05) is 13.8 Å². The molecule has 0 saturated carbocycles. The van der Waals surface area contributed by atoms with Gasteiger partial charge in [0.05, 0.1) is 13.7 Å². The first-order valence-corrected chi connectivity index (χ1v) is 7.20. The Morgan fingerprint density at radius 2 is 2.05 bits per heavy atom. The average molecular weight is 295 g/mol. The van der Waals surface area contributed by atoms with E-state index in [0.717, 1.165) is 6.42 Å². The molecule has 118 valence electrons. The number of rotatable bonds is 8. The molecule has 0 heterocycles. The van der Waals surface area contributed by atoms with Crippen molar-refractivity contribution in [3.63, 3.8) is 0 Å². The van der Waals surface area contributed by atoms with Gasteiger partial charge in [0.15, 0.2) is 6.10 Å².